The van der Waals surface area contributed by atoms with Crippen molar-refractivity contribution in [2.24, 2.45) is 5.41 Å². The summed E-state index contributed by atoms with van der Waals surface area (Å²) >= 11 is 0. The van der Waals surface area contributed by atoms with Gasteiger partial charge in [0.2, 0.25) is 0 Å². The van der Waals surface area contributed by atoms with Gasteiger partial charge in [-0.25, -0.2) is 0 Å². The molecule has 0 bridgehead atoms. The Morgan fingerprint density at radius 2 is 1.55 bits per heavy atom. The Bertz CT molecular complexity index is 1220. The van der Waals surface area contributed by atoms with Gasteiger partial charge in [0.15, 0.2) is 0 Å². The molecule has 0 aromatic heterocycles. The van der Waals surface area contributed by atoms with Crippen molar-refractivity contribution >= 4 is 0 Å². The third kappa shape index (κ3) is 7.29. The predicted octanol–water partition coefficient (Wildman–Crippen LogP) is 6.30. The molecule has 5 rings (SSSR count). The predicted molar refractivity (Wildman–Crippen MR) is 159 cm³/mol. The lowest BCUT2D eigenvalue weighted by Crippen LogP contribution is -2.46. The van der Waals surface area contributed by atoms with Crippen LogP contribution >= 0.6 is 0 Å². The molecule has 0 saturated carbocycles. The Labute approximate surface area is 239 Å². The van der Waals surface area contributed by atoms with E-state index in [-0.39, 0.29) is 5.41 Å². The lowest BCUT2D eigenvalue weighted by Gasteiger charge is -2.45. The van der Waals surface area contributed by atoms with Gasteiger partial charge < -0.3 is 19.3 Å². The first-order valence-electron chi connectivity index (χ1n) is 14.7. The monoisotopic (exact) mass is 544 g/mol. The second kappa shape index (κ2) is 13.4. The first kappa shape index (κ1) is 28.3. The number of likely N-dealkylation sites (tertiary alicyclic amines) is 1. The van der Waals surface area contributed by atoms with E-state index in [4.69, 9.17) is 14.2 Å². The number of fused-ring (bicyclic) bond motifs is 1. The zero-order valence-electron chi connectivity index (χ0n) is 24.1. The van der Waals surface area contributed by atoms with Crippen LogP contribution in [0.5, 0.6) is 23.0 Å². The fraction of sp³-hybridized carbons (Fsp3) is 0.471. The largest absolute Gasteiger partial charge is 0.508 e. The molecule has 2 heterocycles. The van der Waals surface area contributed by atoms with Crippen LogP contribution in [0.1, 0.15) is 48.8 Å². The Morgan fingerprint density at radius 1 is 0.800 bits per heavy atom. The van der Waals surface area contributed by atoms with Gasteiger partial charge in [0.05, 0.1) is 14.2 Å². The Kier molecular flexibility index (Phi) is 9.50. The van der Waals surface area contributed by atoms with Gasteiger partial charge >= 0.3 is 0 Å². The highest BCUT2D eigenvalue weighted by molar-refractivity contribution is 5.39. The Hall–Kier alpha value is -3.22. The molecule has 0 radical (unpaired) electrons. The van der Waals surface area contributed by atoms with Crippen LogP contribution in [0, 0.1) is 5.41 Å². The van der Waals surface area contributed by atoms with Gasteiger partial charge in [0.1, 0.15) is 29.6 Å². The maximum absolute atomic E-state index is 10.4. The quantitative estimate of drug-likeness (QED) is 0.393. The zero-order valence-corrected chi connectivity index (χ0v) is 24.1. The molecule has 6 heteroatoms. The van der Waals surface area contributed by atoms with Crippen molar-refractivity contribution in [3.63, 3.8) is 0 Å². The molecular weight excluding hydrogens is 500 g/mol. The minimum absolute atomic E-state index is 0.276. The van der Waals surface area contributed by atoms with Crippen LogP contribution in [0.4, 0.5) is 0 Å². The number of para-hydroxylation sites is 1. The topological polar surface area (TPSA) is 54.4 Å². The van der Waals surface area contributed by atoms with E-state index >= 15 is 0 Å². The number of aryl methyl sites for hydroxylation is 1. The van der Waals surface area contributed by atoms with E-state index in [0.29, 0.717) is 12.4 Å². The third-order valence-corrected chi connectivity index (χ3v) is 8.76. The molecule has 3 aromatic rings. The number of benzene rings is 3. The second-order valence-electron chi connectivity index (χ2n) is 11.5. The molecule has 2 aliphatic rings. The van der Waals surface area contributed by atoms with E-state index in [1.807, 2.05) is 12.1 Å². The summed E-state index contributed by atoms with van der Waals surface area (Å²) in [6.07, 6.45) is 7.04. The standard InChI is InChI=1S/C34H44N2O4/c1-38-30-12-10-27(11-13-30)24-36-21-22-40-33-9-4-3-7-28(33)8-5-6-16-34(26-36)17-19-35(20-18-34)25-29-23-31(39-2)14-15-32(29)37/h3-4,7,9-15,23,37H,5-6,8,16-22,24-26H2,1-2H3. The molecule has 0 aliphatic carbocycles. The van der Waals surface area contributed by atoms with Gasteiger partial charge in [-0.05, 0) is 98.1 Å². The van der Waals surface area contributed by atoms with Crippen molar-refractivity contribution in [3.8, 4) is 23.0 Å². The van der Waals surface area contributed by atoms with Crippen LogP contribution in [-0.2, 0) is 19.5 Å². The number of nitrogens with zero attached hydrogens (tertiary/aromatic N) is 2. The summed E-state index contributed by atoms with van der Waals surface area (Å²) in [6.45, 7) is 6.37. The number of rotatable bonds is 6. The average Bonchev–Trinajstić information content (AvgIpc) is 2.98. The van der Waals surface area contributed by atoms with Gasteiger partial charge in [-0.1, -0.05) is 36.8 Å². The highest BCUT2D eigenvalue weighted by Gasteiger charge is 2.36. The van der Waals surface area contributed by atoms with Crippen molar-refractivity contribution in [2.75, 3.05) is 47.0 Å². The number of ether oxygens (including phenoxy) is 3. The van der Waals surface area contributed by atoms with Gasteiger partial charge in [-0.2, -0.15) is 0 Å². The summed E-state index contributed by atoms with van der Waals surface area (Å²) in [5.41, 5.74) is 3.84. The van der Waals surface area contributed by atoms with Gasteiger partial charge in [0, 0.05) is 31.7 Å². The highest BCUT2D eigenvalue weighted by atomic mass is 16.5. The van der Waals surface area contributed by atoms with Crippen molar-refractivity contribution in [3.05, 3.63) is 83.4 Å². The first-order chi connectivity index (χ1) is 19.6. The lowest BCUT2D eigenvalue weighted by atomic mass is 9.73. The summed E-state index contributed by atoms with van der Waals surface area (Å²) in [6, 6.07) is 22.5. The molecule has 1 spiro atoms. The minimum atomic E-state index is 0.276. The van der Waals surface area contributed by atoms with E-state index in [1.54, 1.807) is 20.3 Å². The Balaban J connectivity index is 1.31. The fourth-order valence-electron chi connectivity index (χ4n) is 6.36. The van der Waals surface area contributed by atoms with Gasteiger partial charge in [-0.3, -0.25) is 9.80 Å². The average molecular weight is 545 g/mol. The van der Waals surface area contributed by atoms with E-state index in [0.717, 1.165) is 81.3 Å². The number of hydrogen-bond acceptors (Lipinski definition) is 6. The SMILES string of the molecule is COc1ccc(CN2CCOc3ccccc3CCCCC3(CCN(Cc4cc(OC)ccc4O)CC3)C2)cc1. The van der Waals surface area contributed by atoms with Crippen molar-refractivity contribution in [1.29, 1.82) is 0 Å². The maximum atomic E-state index is 10.4. The molecular formula is C34H44N2O4. The van der Waals surface area contributed by atoms with Gasteiger partial charge in [-0.15, -0.1) is 0 Å². The van der Waals surface area contributed by atoms with Crippen LogP contribution in [0.2, 0.25) is 0 Å². The van der Waals surface area contributed by atoms with E-state index in [9.17, 15) is 5.11 Å². The summed E-state index contributed by atoms with van der Waals surface area (Å²) in [4.78, 5) is 5.10. The number of aromatic hydroxyl groups is 1. The molecule has 6 nitrogen and oxygen atoms in total. The van der Waals surface area contributed by atoms with Crippen LogP contribution < -0.4 is 14.2 Å². The molecule has 1 saturated heterocycles. The normalized spacial score (nSPS) is 18.6. The molecule has 1 N–H and O–H groups in total. The molecule has 0 unspecified atom stereocenters. The number of piperidine rings is 1. The molecule has 0 amide bonds. The summed E-state index contributed by atoms with van der Waals surface area (Å²) in [5.74, 6) is 3.07. The highest BCUT2D eigenvalue weighted by Crippen LogP contribution is 2.39. The van der Waals surface area contributed by atoms with E-state index in [2.05, 4.69) is 58.3 Å². The van der Waals surface area contributed by atoms with Gasteiger partial charge in [0.25, 0.3) is 0 Å². The van der Waals surface area contributed by atoms with Crippen molar-refractivity contribution in [1.82, 2.24) is 9.80 Å². The minimum Gasteiger partial charge on any atom is -0.508 e. The maximum Gasteiger partial charge on any atom is 0.122 e. The van der Waals surface area contributed by atoms with Crippen LogP contribution in [0.25, 0.3) is 0 Å². The molecule has 3 aromatic carbocycles. The summed E-state index contributed by atoms with van der Waals surface area (Å²) in [5, 5.41) is 10.4. The van der Waals surface area contributed by atoms with Crippen molar-refractivity contribution < 1.29 is 19.3 Å². The number of phenolic OH excluding ortho intramolecular Hbond substituents is 1. The van der Waals surface area contributed by atoms with Crippen LogP contribution in [0.15, 0.2) is 66.7 Å². The fourth-order valence-corrected chi connectivity index (χ4v) is 6.36. The van der Waals surface area contributed by atoms with Crippen LogP contribution in [0.3, 0.4) is 0 Å². The first-order valence-corrected chi connectivity index (χ1v) is 14.7. The molecule has 0 atom stereocenters. The third-order valence-electron chi connectivity index (χ3n) is 8.76. The van der Waals surface area contributed by atoms with E-state index in [1.165, 1.54) is 30.4 Å². The molecule has 1 fully saturated rings. The number of phenols is 1. The molecule has 214 valence electrons. The van der Waals surface area contributed by atoms with Crippen molar-refractivity contribution in [2.45, 2.75) is 51.6 Å². The Morgan fingerprint density at radius 3 is 2.33 bits per heavy atom. The summed E-state index contributed by atoms with van der Waals surface area (Å²) in [7, 11) is 3.39. The smallest absolute Gasteiger partial charge is 0.122 e. The van der Waals surface area contributed by atoms with E-state index < -0.39 is 0 Å². The number of methoxy groups -OCH3 is 2. The second-order valence-corrected chi connectivity index (χ2v) is 11.5. The molecule has 40 heavy (non-hydrogen) atoms. The molecule has 2 aliphatic heterocycles. The number of hydrogen-bond donors (Lipinski definition) is 1. The zero-order chi connectivity index (χ0) is 27.8. The van der Waals surface area contributed by atoms with Crippen LogP contribution in [-0.4, -0.2) is 61.9 Å². The summed E-state index contributed by atoms with van der Waals surface area (Å²) < 4.78 is 17.1. The lowest BCUT2D eigenvalue weighted by molar-refractivity contribution is 0.0407.